The number of hydrogen-bond donors (Lipinski definition) is 4. The van der Waals surface area contributed by atoms with E-state index < -0.39 is 0 Å². The summed E-state index contributed by atoms with van der Waals surface area (Å²) >= 11 is 1.93. The summed E-state index contributed by atoms with van der Waals surface area (Å²) in [5.41, 5.74) is 5.70. The first-order chi connectivity index (χ1) is 10.7. The molecule has 0 aromatic heterocycles. The first-order valence-corrected chi connectivity index (χ1v) is 9.40. The molecule has 3 rings (SSSR count). The van der Waals surface area contributed by atoms with Gasteiger partial charge in [0.25, 0.3) is 0 Å². The number of unbranched alkanes of at least 4 members (excludes halogenated alkanes) is 1. The van der Waals surface area contributed by atoms with E-state index in [1.165, 1.54) is 12.8 Å². The molecule has 1 unspecified atom stereocenters. The van der Waals surface area contributed by atoms with Crippen LogP contribution in [0.4, 0.5) is 4.79 Å². The maximum Gasteiger partial charge on any atom is 0.315 e. The Morgan fingerprint density at radius 1 is 1.36 bits per heavy atom. The van der Waals surface area contributed by atoms with E-state index in [1.807, 2.05) is 11.8 Å². The van der Waals surface area contributed by atoms with E-state index in [4.69, 9.17) is 5.73 Å². The van der Waals surface area contributed by atoms with Crippen molar-refractivity contribution in [2.75, 3.05) is 12.3 Å². The number of nitrogens with one attached hydrogen (secondary N) is 3. The number of carbonyl (C=O) groups excluding carboxylic acids is 2. The van der Waals surface area contributed by atoms with Crippen LogP contribution in [0, 0.1) is 5.92 Å². The van der Waals surface area contributed by atoms with Gasteiger partial charge in [-0.3, -0.25) is 4.79 Å². The van der Waals surface area contributed by atoms with Gasteiger partial charge >= 0.3 is 6.03 Å². The summed E-state index contributed by atoms with van der Waals surface area (Å²) < 4.78 is 0. The van der Waals surface area contributed by atoms with Crippen LogP contribution in [-0.4, -0.2) is 47.6 Å². The molecular formula is C15H26N4O2S. The molecule has 0 radical (unpaired) electrons. The standard InChI is InChI=1S/C15H26N4O2S/c16-7-10(9-5-6-9)17-13(20)4-2-1-3-12-14-11(8-22-12)18-15(21)19-14/h9-12,14H,1-8,16H2,(H,17,20)(H2,18,19,21)/t10?,11-,12-,14-/m0/s1. The first-order valence-electron chi connectivity index (χ1n) is 8.35. The van der Waals surface area contributed by atoms with Crippen molar-refractivity contribution in [3.63, 3.8) is 0 Å². The molecule has 5 N–H and O–H groups in total. The minimum Gasteiger partial charge on any atom is -0.352 e. The van der Waals surface area contributed by atoms with Crippen molar-refractivity contribution in [2.45, 2.75) is 61.9 Å². The van der Waals surface area contributed by atoms with Gasteiger partial charge in [-0.05, 0) is 31.6 Å². The van der Waals surface area contributed by atoms with Crippen LogP contribution >= 0.6 is 11.8 Å². The van der Waals surface area contributed by atoms with Crippen molar-refractivity contribution in [1.82, 2.24) is 16.0 Å². The second-order valence-electron chi connectivity index (χ2n) is 6.61. The number of amides is 3. The zero-order valence-corrected chi connectivity index (χ0v) is 13.7. The summed E-state index contributed by atoms with van der Waals surface area (Å²) in [6.07, 6.45) is 5.97. The third kappa shape index (κ3) is 3.87. The molecule has 22 heavy (non-hydrogen) atoms. The van der Waals surface area contributed by atoms with Gasteiger partial charge in [0.1, 0.15) is 0 Å². The Hall–Kier alpha value is -0.950. The fraction of sp³-hybridized carbons (Fsp3) is 0.867. The Kier molecular flexibility index (Phi) is 5.13. The highest BCUT2D eigenvalue weighted by Gasteiger charge is 2.42. The minimum absolute atomic E-state index is 0.0346. The van der Waals surface area contributed by atoms with Crippen LogP contribution < -0.4 is 21.7 Å². The minimum atomic E-state index is -0.0346. The maximum atomic E-state index is 11.9. The summed E-state index contributed by atoms with van der Waals surface area (Å²) in [6.45, 7) is 0.547. The lowest BCUT2D eigenvalue weighted by Crippen LogP contribution is -2.41. The Morgan fingerprint density at radius 3 is 2.91 bits per heavy atom. The quantitative estimate of drug-likeness (QED) is 0.387. The van der Waals surface area contributed by atoms with Crippen LogP contribution in [0.3, 0.4) is 0 Å². The highest BCUT2D eigenvalue weighted by Crippen LogP contribution is 2.33. The molecule has 7 heteroatoms. The average molecular weight is 326 g/mol. The fourth-order valence-electron chi connectivity index (χ4n) is 3.42. The molecule has 4 atom stereocenters. The van der Waals surface area contributed by atoms with Crippen molar-refractivity contribution >= 4 is 23.7 Å². The predicted molar refractivity (Wildman–Crippen MR) is 87.7 cm³/mol. The molecule has 1 aliphatic carbocycles. The average Bonchev–Trinajstić information content (AvgIpc) is 3.18. The molecule has 3 fully saturated rings. The van der Waals surface area contributed by atoms with Crippen LogP contribution in [0.1, 0.15) is 38.5 Å². The molecule has 0 bridgehead atoms. The number of hydrogen-bond acceptors (Lipinski definition) is 4. The van der Waals surface area contributed by atoms with Gasteiger partial charge in [-0.2, -0.15) is 11.8 Å². The molecule has 2 aliphatic heterocycles. The smallest absolute Gasteiger partial charge is 0.315 e. The molecule has 124 valence electrons. The molecule has 2 saturated heterocycles. The van der Waals surface area contributed by atoms with Gasteiger partial charge in [-0.1, -0.05) is 6.42 Å². The summed E-state index contributed by atoms with van der Waals surface area (Å²) in [4.78, 5) is 23.2. The van der Waals surface area contributed by atoms with E-state index in [2.05, 4.69) is 16.0 Å². The van der Waals surface area contributed by atoms with Gasteiger partial charge < -0.3 is 21.7 Å². The molecule has 0 aromatic carbocycles. The zero-order chi connectivity index (χ0) is 15.5. The Labute approximate surface area is 135 Å². The van der Waals surface area contributed by atoms with Gasteiger partial charge in [0.05, 0.1) is 12.1 Å². The van der Waals surface area contributed by atoms with E-state index in [9.17, 15) is 9.59 Å². The van der Waals surface area contributed by atoms with Crippen molar-refractivity contribution < 1.29 is 9.59 Å². The first kappa shape index (κ1) is 15.9. The second kappa shape index (κ2) is 7.08. The van der Waals surface area contributed by atoms with Crippen LogP contribution in [-0.2, 0) is 4.79 Å². The maximum absolute atomic E-state index is 11.9. The highest BCUT2D eigenvalue weighted by atomic mass is 32.2. The molecule has 0 aromatic rings. The number of thioether (sulfide) groups is 1. The van der Waals surface area contributed by atoms with Crippen LogP contribution in [0.5, 0.6) is 0 Å². The molecule has 2 heterocycles. The number of fused-ring (bicyclic) bond motifs is 1. The number of nitrogens with two attached hydrogens (primary N) is 1. The van der Waals surface area contributed by atoms with Gasteiger partial charge in [0, 0.05) is 30.0 Å². The topological polar surface area (TPSA) is 96.2 Å². The molecule has 1 saturated carbocycles. The SMILES string of the molecule is NCC(NC(=O)CCCC[C@@H]1SC[C@@H]2NC(=O)N[C@@H]21)C1CC1. The molecule has 3 aliphatic rings. The van der Waals surface area contributed by atoms with E-state index in [-0.39, 0.29) is 30.1 Å². The molecule has 6 nitrogen and oxygen atoms in total. The summed E-state index contributed by atoms with van der Waals surface area (Å²) in [6, 6.07) is 0.698. The van der Waals surface area contributed by atoms with Crippen molar-refractivity contribution in [3.05, 3.63) is 0 Å². The Bertz CT molecular complexity index is 430. The van der Waals surface area contributed by atoms with Crippen molar-refractivity contribution in [2.24, 2.45) is 11.7 Å². The predicted octanol–water partition coefficient (Wildman–Crippen LogP) is 0.566. The summed E-state index contributed by atoms with van der Waals surface area (Å²) in [5, 5.41) is 9.50. The lowest BCUT2D eigenvalue weighted by molar-refractivity contribution is -0.122. The monoisotopic (exact) mass is 326 g/mol. The Morgan fingerprint density at radius 2 is 2.18 bits per heavy atom. The third-order valence-electron chi connectivity index (χ3n) is 4.87. The van der Waals surface area contributed by atoms with Gasteiger partial charge in [-0.15, -0.1) is 0 Å². The number of carbonyl (C=O) groups is 2. The normalized spacial score (nSPS) is 31.3. The van der Waals surface area contributed by atoms with E-state index in [0.717, 1.165) is 25.0 Å². The van der Waals surface area contributed by atoms with Gasteiger partial charge in [0.15, 0.2) is 0 Å². The largest absolute Gasteiger partial charge is 0.352 e. The summed E-state index contributed by atoms with van der Waals surface area (Å²) in [5.74, 6) is 1.74. The van der Waals surface area contributed by atoms with E-state index in [1.54, 1.807) is 0 Å². The van der Waals surface area contributed by atoms with E-state index in [0.29, 0.717) is 24.1 Å². The fourth-order valence-corrected chi connectivity index (χ4v) is 4.96. The number of rotatable bonds is 8. The summed E-state index contributed by atoms with van der Waals surface area (Å²) in [7, 11) is 0. The lowest BCUT2D eigenvalue weighted by atomic mass is 10.0. The van der Waals surface area contributed by atoms with Crippen LogP contribution in [0.15, 0.2) is 0 Å². The van der Waals surface area contributed by atoms with Crippen molar-refractivity contribution in [3.8, 4) is 0 Å². The Balaban J connectivity index is 1.30. The second-order valence-corrected chi connectivity index (χ2v) is 7.89. The van der Waals surface area contributed by atoms with E-state index >= 15 is 0 Å². The van der Waals surface area contributed by atoms with Crippen LogP contribution in [0.25, 0.3) is 0 Å². The molecule has 0 spiro atoms. The lowest BCUT2D eigenvalue weighted by Gasteiger charge is -2.17. The van der Waals surface area contributed by atoms with Crippen LogP contribution in [0.2, 0.25) is 0 Å². The molecular weight excluding hydrogens is 300 g/mol. The third-order valence-corrected chi connectivity index (χ3v) is 6.38. The van der Waals surface area contributed by atoms with Crippen molar-refractivity contribution in [1.29, 1.82) is 0 Å². The zero-order valence-electron chi connectivity index (χ0n) is 12.8. The molecule has 3 amide bonds. The highest BCUT2D eigenvalue weighted by molar-refractivity contribution is 8.00. The van der Waals surface area contributed by atoms with Gasteiger partial charge in [0.2, 0.25) is 5.91 Å². The number of urea groups is 1. The van der Waals surface area contributed by atoms with Gasteiger partial charge in [-0.25, -0.2) is 4.79 Å².